The van der Waals surface area contributed by atoms with Gasteiger partial charge in [0.05, 0.1) is 13.2 Å². The summed E-state index contributed by atoms with van der Waals surface area (Å²) in [4.78, 5) is 4.94. The number of piperidine rings is 1. The van der Waals surface area contributed by atoms with E-state index >= 15 is 0 Å². The van der Waals surface area contributed by atoms with E-state index in [1.165, 1.54) is 0 Å². The number of nitrogens with zero attached hydrogens (tertiary/aromatic N) is 2. The van der Waals surface area contributed by atoms with E-state index in [4.69, 9.17) is 15.2 Å². The van der Waals surface area contributed by atoms with Crippen molar-refractivity contribution < 1.29 is 9.47 Å². The van der Waals surface area contributed by atoms with Gasteiger partial charge in [-0.25, -0.2) is 0 Å². The van der Waals surface area contributed by atoms with Crippen LogP contribution in [0, 0.1) is 0 Å². The van der Waals surface area contributed by atoms with Crippen molar-refractivity contribution in [1.82, 2.24) is 9.80 Å². The molecule has 0 radical (unpaired) electrons. The third-order valence-electron chi connectivity index (χ3n) is 4.83. The SMILES string of the molecule is CCOCCN(CCOCC)C1(CN)CCN(C)C(C)C1. The molecule has 5 nitrogen and oxygen atoms in total. The van der Waals surface area contributed by atoms with Crippen molar-refractivity contribution in [1.29, 1.82) is 0 Å². The highest BCUT2D eigenvalue weighted by molar-refractivity contribution is 4.98. The summed E-state index contributed by atoms with van der Waals surface area (Å²) >= 11 is 0. The second-order valence-corrected chi connectivity index (χ2v) is 6.09. The molecule has 1 heterocycles. The van der Waals surface area contributed by atoms with E-state index in [2.05, 4.69) is 23.8 Å². The van der Waals surface area contributed by atoms with Gasteiger partial charge in [-0.3, -0.25) is 4.90 Å². The number of hydrogen-bond donors (Lipinski definition) is 1. The van der Waals surface area contributed by atoms with Gasteiger partial charge >= 0.3 is 0 Å². The van der Waals surface area contributed by atoms with Gasteiger partial charge in [0.15, 0.2) is 0 Å². The highest BCUT2D eigenvalue weighted by Gasteiger charge is 2.40. The van der Waals surface area contributed by atoms with Crippen molar-refractivity contribution in [2.75, 3.05) is 59.7 Å². The molecule has 1 aliphatic heterocycles. The third-order valence-corrected chi connectivity index (χ3v) is 4.83. The fraction of sp³-hybridized carbons (Fsp3) is 1.00. The molecule has 0 spiro atoms. The molecule has 0 saturated carbocycles. The Hall–Kier alpha value is -0.200. The fourth-order valence-corrected chi connectivity index (χ4v) is 3.24. The molecule has 0 aliphatic carbocycles. The summed E-state index contributed by atoms with van der Waals surface area (Å²) in [5, 5.41) is 0. The summed E-state index contributed by atoms with van der Waals surface area (Å²) in [5.41, 5.74) is 6.31. The average Bonchev–Trinajstić information content (AvgIpc) is 2.49. The van der Waals surface area contributed by atoms with E-state index in [9.17, 15) is 0 Å². The van der Waals surface area contributed by atoms with Crippen LogP contribution in [0.2, 0.25) is 0 Å². The zero-order chi connectivity index (χ0) is 15.7. The average molecular weight is 301 g/mol. The zero-order valence-corrected chi connectivity index (χ0v) is 14.4. The van der Waals surface area contributed by atoms with Crippen molar-refractivity contribution in [2.45, 2.75) is 45.2 Å². The smallest absolute Gasteiger partial charge is 0.0593 e. The first-order valence-corrected chi connectivity index (χ1v) is 8.40. The Morgan fingerprint density at radius 2 is 1.76 bits per heavy atom. The molecule has 1 aliphatic rings. The molecule has 2 unspecified atom stereocenters. The molecule has 5 heteroatoms. The highest BCUT2D eigenvalue weighted by atomic mass is 16.5. The van der Waals surface area contributed by atoms with Crippen LogP contribution in [0.15, 0.2) is 0 Å². The Balaban J connectivity index is 2.70. The molecule has 1 fully saturated rings. The second-order valence-electron chi connectivity index (χ2n) is 6.09. The molecular weight excluding hydrogens is 266 g/mol. The van der Waals surface area contributed by atoms with E-state index in [1.807, 2.05) is 13.8 Å². The van der Waals surface area contributed by atoms with E-state index in [1.54, 1.807) is 0 Å². The molecule has 1 saturated heterocycles. The van der Waals surface area contributed by atoms with Gasteiger partial charge in [-0.05, 0) is 47.2 Å². The van der Waals surface area contributed by atoms with Crippen LogP contribution in [0.5, 0.6) is 0 Å². The van der Waals surface area contributed by atoms with Gasteiger partial charge in [-0.1, -0.05) is 0 Å². The maximum atomic E-state index is 6.21. The number of likely N-dealkylation sites (tertiary alicyclic amines) is 1. The van der Waals surface area contributed by atoms with E-state index < -0.39 is 0 Å². The summed E-state index contributed by atoms with van der Waals surface area (Å²) in [7, 11) is 2.20. The Morgan fingerprint density at radius 3 is 2.19 bits per heavy atom. The molecule has 126 valence electrons. The lowest BCUT2D eigenvalue weighted by Gasteiger charge is -2.50. The molecule has 2 atom stereocenters. The number of rotatable bonds is 10. The van der Waals surface area contributed by atoms with Crippen LogP contribution in [0.25, 0.3) is 0 Å². The first kappa shape index (κ1) is 18.8. The molecule has 0 aromatic heterocycles. The Bertz CT molecular complexity index is 268. The predicted molar refractivity (Wildman–Crippen MR) is 87.7 cm³/mol. The summed E-state index contributed by atoms with van der Waals surface area (Å²) in [5.74, 6) is 0. The summed E-state index contributed by atoms with van der Waals surface area (Å²) < 4.78 is 11.1. The van der Waals surface area contributed by atoms with E-state index in [0.717, 1.165) is 58.9 Å². The Kier molecular flexibility index (Phi) is 8.74. The van der Waals surface area contributed by atoms with Crippen LogP contribution >= 0.6 is 0 Å². The van der Waals surface area contributed by atoms with Crippen LogP contribution in [0.1, 0.15) is 33.6 Å². The minimum Gasteiger partial charge on any atom is -0.380 e. The van der Waals surface area contributed by atoms with Crippen LogP contribution in [0.4, 0.5) is 0 Å². The molecule has 0 aromatic rings. The number of nitrogens with two attached hydrogens (primary N) is 1. The van der Waals surface area contributed by atoms with Crippen molar-refractivity contribution in [3.8, 4) is 0 Å². The molecule has 0 aromatic carbocycles. The van der Waals surface area contributed by atoms with Gasteiger partial charge in [0.25, 0.3) is 0 Å². The lowest BCUT2D eigenvalue weighted by molar-refractivity contribution is -0.0209. The zero-order valence-electron chi connectivity index (χ0n) is 14.4. The maximum Gasteiger partial charge on any atom is 0.0593 e. The minimum absolute atomic E-state index is 0.0974. The molecule has 1 rings (SSSR count). The summed E-state index contributed by atoms with van der Waals surface area (Å²) in [6.45, 7) is 13.2. The monoisotopic (exact) mass is 301 g/mol. The van der Waals surface area contributed by atoms with Gasteiger partial charge in [0.1, 0.15) is 0 Å². The van der Waals surface area contributed by atoms with Gasteiger partial charge in [0.2, 0.25) is 0 Å². The normalized spacial score (nSPS) is 27.4. The standard InChI is InChI=1S/C16H35N3O2/c1-5-20-11-9-19(10-12-21-6-2)16(14-17)7-8-18(4)15(3)13-16/h15H,5-14,17H2,1-4H3. The number of ether oxygens (including phenoxy) is 2. The third kappa shape index (κ3) is 5.49. The van der Waals surface area contributed by atoms with Crippen LogP contribution in [-0.4, -0.2) is 81.0 Å². The van der Waals surface area contributed by atoms with Crippen LogP contribution in [0.3, 0.4) is 0 Å². The maximum absolute atomic E-state index is 6.21. The van der Waals surface area contributed by atoms with Gasteiger partial charge in [-0.15, -0.1) is 0 Å². The van der Waals surface area contributed by atoms with Gasteiger partial charge in [0, 0.05) is 44.4 Å². The second kappa shape index (κ2) is 9.74. The summed E-state index contributed by atoms with van der Waals surface area (Å²) in [6, 6.07) is 0.573. The Morgan fingerprint density at radius 1 is 1.19 bits per heavy atom. The molecule has 2 N–H and O–H groups in total. The fourth-order valence-electron chi connectivity index (χ4n) is 3.24. The van der Waals surface area contributed by atoms with Crippen molar-refractivity contribution in [2.24, 2.45) is 5.73 Å². The van der Waals surface area contributed by atoms with Crippen molar-refractivity contribution >= 4 is 0 Å². The van der Waals surface area contributed by atoms with Crippen LogP contribution in [-0.2, 0) is 9.47 Å². The van der Waals surface area contributed by atoms with Crippen molar-refractivity contribution in [3.63, 3.8) is 0 Å². The highest BCUT2D eigenvalue weighted by Crippen LogP contribution is 2.31. The predicted octanol–water partition coefficient (Wildman–Crippen LogP) is 1.17. The lowest BCUT2D eigenvalue weighted by atomic mass is 9.82. The first-order valence-electron chi connectivity index (χ1n) is 8.40. The molecule has 21 heavy (non-hydrogen) atoms. The quantitative estimate of drug-likeness (QED) is 0.614. The molecule has 0 bridgehead atoms. The minimum atomic E-state index is 0.0974. The summed E-state index contributed by atoms with van der Waals surface area (Å²) in [6.07, 6.45) is 2.25. The van der Waals surface area contributed by atoms with E-state index in [-0.39, 0.29) is 5.54 Å². The largest absolute Gasteiger partial charge is 0.380 e. The topological polar surface area (TPSA) is 51.0 Å². The van der Waals surface area contributed by atoms with E-state index in [0.29, 0.717) is 12.6 Å². The molecule has 0 amide bonds. The van der Waals surface area contributed by atoms with Gasteiger partial charge in [-0.2, -0.15) is 0 Å². The molecular formula is C16H35N3O2. The van der Waals surface area contributed by atoms with Crippen LogP contribution < -0.4 is 5.73 Å². The van der Waals surface area contributed by atoms with Crippen molar-refractivity contribution in [3.05, 3.63) is 0 Å². The first-order chi connectivity index (χ1) is 10.1. The lowest BCUT2D eigenvalue weighted by Crippen LogP contribution is -2.62. The Labute approximate surface area is 130 Å². The van der Waals surface area contributed by atoms with Gasteiger partial charge < -0.3 is 20.1 Å². The number of hydrogen-bond acceptors (Lipinski definition) is 5.